The maximum atomic E-state index is 12.8. The predicted molar refractivity (Wildman–Crippen MR) is 80.5 cm³/mol. The van der Waals surface area contributed by atoms with Crippen LogP contribution in [0.5, 0.6) is 0 Å². The molecule has 2 rings (SSSR count). The monoisotopic (exact) mass is 315 g/mol. The number of aliphatic hydroxyl groups excluding tert-OH is 1. The molecular formula is C15H25NO4S. The molecule has 0 bridgehead atoms. The van der Waals surface area contributed by atoms with E-state index >= 15 is 0 Å². The summed E-state index contributed by atoms with van der Waals surface area (Å²) in [5.74, 6) is 1.48. The van der Waals surface area contributed by atoms with Gasteiger partial charge in [0, 0.05) is 18.7 Å². The molecular weight excluding hydrogens is 290 g/mol. The van der Waals surface area contributed by atoms with Gasteiger partial charge in [-0.3, -0.25) is 0 Å². The van der Waals surface area contributed by atoms with Gasteiger partial charge in [0.2, 0.25) is 10.0 Å². The first-order valence-electron chi connectivity index (χ1n) is 7.61. The van der Waals surface area contributed by atoms with Gasteiger partial charge in [-0.05, 0) is 32.6 Å². The van der Waals surface area contributed by atoms with E-state index in [1.54, 1.807) is 13.8 Å². The second-order valence-electron chi connectivity index (χ2n) is 5.82. The number of rotatable bonds is 5. The van der Waals surface area contributed by atoms with Gasteiger partial charge < -0.3 is 9.52 Å². The molecule has 0 aliphatic carbocycles. The van der Waals surface area contributed by atoms with E-state index in [9.17, 15) is 13.5 Å². The first-order chi connectivity index (χ1) is 9.91. The smallest absolute Gasteiger partial charge is 0.246 e. The minimum Gasteiger partial charge on any atom is -0.465 e. The number of sulfonamides is 1. The minimum atomic E-state index is -3.57. The molecule has 1 aliphatic rings. The molecule has 0 atom stereocenters. The molecule has 21 heavy (non-hydrogen) atoms. The van der Waals surface area contributed by atoms with E-state index in [0.717, 1.165) is 19.3 Å². The van der Waals surface area contributed by atoms with Gasteiger partial charge >= 0.3 is 0 Å². The van der Waals surface area contributed by atoms with Crippen molar-refractivity contribution >= 4 is 10.0 Å². The molecule has 1 aromatic rings. The third-order valence-corrected chi connectivity index (χ3v) is 6.45. The fourth-order valence-corrected chi connectivity index (χ4v) is 5.08. The van der Waals surface area contributed by atoms with Crippen molar-refractivity contribution in [2.75, 3.05) is 13.1 Å². The Labute approximate surface area is 127 Å². The van der Waals surface area contributed by atoms with Crippen LogP contribution in [0.2, 0.25) is 0 Å². The molecule has 1 fully saturated rings. The first-order valence-corrected chi connectivity index (χ1v) is 9.05. The summed E-state index contributed by atoms with van der Waals surface area (Å²) in [4.78, 5) is 0.163. The van der Waals surface area contributed by atoms with Crippen molar-refractivity contribution in [2.24, 2.45) is 5.92 Å². The molecule has 120 valence electrons. The Bertz CT molecular complexity index is 583. The Morgan fingerprint density at radius 1 is 1.24 bits per heavy atom. The molecule has 0 radical (unpaired) electrons. The second-order valence-corrected chi connectivity index (χ2v) is 7.69. The van der Waals surface area contributed by atoms with Crippen molar-refractivity contribution < 1.29 is 17.9 Å². The van der Waals surface area contributed by atoms with Crippen LogP contribution in [-0.2, 0) is 16.6 Å². The van der Waals surface area contributed by atoms with Crippen LogP contribution < -0.4 is 0 Å². The summed E-state index contributed by atoms with van der Waals surface area (Å²) >= 11 is 0. The molecule has 0 amide bonds. The number of aliphatic hydroxyl groups is 1. The number of hydrogen-bond acceptors (Lipinski definition) is 4. The Morgan fingerprint density at radius 2 is 1.86 bits per heavy atom. The SMILES string of the molecule is CCCC1CCN(S(=O)(=O)c2c(C)oc(C)c2CO)CC1. The highest BCUT2D eigenvalue weighted by molar-refractivity contribution is 7.89. The normalized spacial score (nSPS) is 18.3. The zero-order valence-corrected chi connectivity index (χ0v) is 13.9. The molecule has 1 aromatic heterocycles. The summed E-state index contributed by atoms with van der Waals surface area (Å²) < 4.78 is 32.6. The van der Waals surface area contributed by atoms with Crippen molar-refractivity contribution in [2.45, 2.75) is 58.0 Å². The molecule has 0 spiro atoms. The third kappa shape index (κ3) is 3.17. The van der Waals surface area contributed by atoms with Gasteiger partial charge in [0.15, 0.2) is 0 Å². The lowest BCUT2D eigenvalue weighted by Gasteiger charge is -2.31. The van der Waals surface area contributed by atoms with Crippen LogP contribution in [0, 0.1) is 19.8 Å². The lowest BCUT2D eigenvalue weighted by atomic mass is 9.94. The van der Waals surface area contributed by atoms with E-state index < -0.39 is 10.0 Å². The molecule has 0 unspecified atom stereocenters. The number of piperidine rings is 1. The van der Waals surface area contributed by atoms with Crippen molar-refractivity contribution in [3.05, 3.63) is 17.1 Å². The quantitative estimate of drug-likeness (QED) is 0.906. The second kappa shape index (κ2) is 6.50. The van der Waals surface area contributed by atoms with Crippen LogP contribution in [-0.4, -0.2) is 30.9 Å². The van der Waals surface area contributed by atoms with Crippen molar-refractivity contribution in [1.82, 2.24) is 4.31 Å². The van der Waals surface area contributed by atoms with Crippen molar-refractivity contribution in [3.63, 3.8) is 0 Å². The summed E-state index contributed by atoms with van der Waals surface area (Å²) in [6, 6.07) is 0. The highest BCUT2D eigenvalue weighted by Gasteiger charge is 2.34. The first kappa shape index (κ1) is 16.5. The van der Waals surface area contributed by atoms with Crippen molar-refractivity contribution in [1.29, 1.82) is 0 Å². The van der Waals surface area contributed by atoms with Crippen LogP contribution in [0.15, 0.2) is 9.31 Å². The van der Waals surface area contributed by atoms with E-state index in [0.29, 0.717) is 36.1 Å². The highest BCUT2D eigenvalue weighted by atomic mass is 32.2. The van der Waals surface area contributed by atoms with Gasteiger partial charge in [0.1, 0.15) is 16.4 Å². The Morgan fingerprint density at radius 3 is 2.38 bits per heavy atom. The zero-order chi connectivity index (χ0) is 15.6. The molecule has 1 saturated heterocycles. The van der Waals surface area contributed by atoms with E-state index in [1.807, 2.05) is 0 Å². The average molecular weight is 315 g/mol. The van der Waals surface area contributed by atoms with Crippen LogP contribution in [0.25, 0.3) is 0 Å². The molecule has 0 saturated carbocycles. The third-order valence-electron chi connectivity index (χ3n) is 4.35. The highest BCUT2D eigenvalue weighted by Crippen LogP contribution is 2.32. The van der Waals surface area contributed by atoms with Gasteiger partial charge in [-0.2, -0.15) is 4.31 Å². The van der Waals surface area contributed by atoms with E-state index in [-0.39, 0.29) is 11.5 Å². The Kier molecular flexibility index (Phi) is 5.11. The van der Waals surface area contributed by atoms with Gasteiger partial charge in [-0.1, -0.05) is 19.8 Å². The number of nitrogens with zero attached hydrogens (tertiary/aromatic N) is 1. The summed E-state index contributed by atoms with van der Waals surface area (Å²) in [7, 11) is -3.57. The van der Waals surface area contributed by atoms with Crippen LogP contribution >= 0.6 is 0 Å². The predicted octanol–water partition coefficient (Wildman–Crippen LogP) is 2.59. The Balaban J connectivity index is 2.24. The van der Waals surface area contributed by atoms with Crippen LogP contribution in [0.3, 0.4) is 0 Å². The molecule has 2 heterocycles. The van der Waals surface area contributed by atoms with Crippen molar-refractivity contribution in [3.8, 4) is 0 Å². The fraction of sp³-hybridized carbons (Fsp3) is 0.733. The average Bonchev–Trinajstić information content (AvgIpc) is 2.74. The van der Waals surface area contributed by atoms with Crippen LogP contribution in [0.1, 0.15) is 49.7 Å². The minimum absolute atomic E-state index is 0.163. The topological polar surface area (TPSA) is 70.8 Å². The fourth-order valence-electron chi connectivity index (χ4n) is 3.21. The molecule has 1 N–H and O–H groups in total. The maximum absolute atomic E-state index is 12.8. The Hall–Kier alpha value is -0.850. The number of hydrogen-bond donors (Lipinski definition) is 1. The van der Waals surface area contributed by atoms with Gasteiger partial charge in [0.05, 0.1) is 6.61 Å². The van der Waals surface area contributed by atoms with Gasteiger partial charge in [-0.15, -0.1) is 0 Å². The van der Waals surface area contributed by atoms with E-state index in [1.165, 1.54) is 10.7 Å². The summed E-state index contributed by atoms with van der Waals surface area (Å²) in [6.07, 6.45) is 4.14. The summed E-state index contributed by atoms with van der Waals surface area (Å²) in [6.45, 7) is 6.29. The largest absolute Gasteiger partial charge is 0.465 e. The molecule has 0 aromatic carbocycles. The molecule has 6 heteroatoms. The lowest BCUT2D eigenvalue weighted by Crippen LogP contribution is -2.38. The lowest BCUT2D eigenvalue weighted by molar-refractivity contribution is 0.260. The summed E-state index contributed by atoms with van der Waals surface area (Å²) in [5, 5.41) is 9.44. The van der Waals surface area contributed by atoms with Gasteiger partial charge in [0.25, 0.3) is 0 Å². The van der Waals surface area contributed by atoms with Gasteiger partial charge in [-0.25, -0.2) is 8.42 Å². The summed E-state index contributed by atoms with van der Waals surface area (Å²) in [5.41, 5.74) is 0.392. The molecule has 1 aliphatic heterocycles. The standard InChI is InChI=1S/C15H25NO4S/c1-4-5-13-6-8-16(9-7-13)21(18,19)15-12(3)20-11(2)14(15)10-17/h13,17H,4-10H2,1-3H3. The van der Waals surface area contributed by atoms with E-state index in [2.05, 4.69) is 6.92 Å². The number of furan rings is 1. The van der Waals surface area contributed by atoms with Crippen LogP contribution in [0.4, 0.5) is 0 Å². The molecule has 5 nitrogen and oxygen atoms in total. The zero-order valence-electron chi connectivity index (χ0n) is 13.1. The number of aryl methyl sites for hydroxylation is 2. The van der Waals surface area contributed by atoms with E-state index in [4.69, 9.17) is 4.42 Å². The maximum Gasteiger partial charge on any atom is 0.246 e.